The molecule has 3 nitrogen and oxygen atoms in total. The van der Waals surface area contributed by atoms with Crippen LogP contribution in [-0.2, 0) is 5.41 Å². The molecular formula is C20H19ClFN3. The van der Waals surface area contributed by atoms with E-state index in [4.69, 9.17) is 11.6 Å². The molecule has 5 heteroatoms. The van der Waals surface area contributed by atoms with Crippen molar-refractivity contribution in [3.8, 4) is 11.1 Å². The van der Waals surface area contributed by atoms with E-state index in [9.17, 15) is 4.39 Å². The molecule has 1 aromatic heterocycles. The lowest BCUT2D eigenvalue weighted by atomic mass is 9.68. The molecular weight excluding hydrogens is 337 g/mol. The van der Waals surface area contributed by atoms with Crippen LogP contribution in [0.5, 0.6) is 0 Å². The fraction of sp³-hybridized carbons (Fsp3) is 0.250. The molecule has 2 heterocycles. The number of aromatic nitrogens is 2. The van der Waals surface area contributed by atoms with Crippen molar-refractivity contribution in [3.63, 3.8) is 0 Å². The number of nitrogens with one attached hydrogen (secondary N) is 2. The second-order valence-corrected chi connectivity index (χ2v) is 6.88. The van der Waals surface area contributed by atoms with Crippen molar-refractivity contribution in [3.05, 3.63) is 76.8 Å². The van der Waals surface area contributed by atoms with Gasteiger partial charge in [0.05, 0.1) is 11.2 Å². The third kappa shape index (κ3) is 2.86. The van der Waals surface area contributed by atoms with E-state index in [0.717, 1.165) is 42.6 Å². The minimum atomic E-state index is -0.355. The van der Waals surface area contributed by atoms with Crippen molar-refractivity contribution in [1.29, 1.82) is 0 Å². The van der Waals surface area contributed by atoms with Crippen LogP contribution in [0.1, 0.15) is 24.0 Å². The highest BCUT2D eigenvalue weighted by atomic mass is 35.5. The van der Waals surface area contributed by atoms with Crippen molar-refractivity contribution in [1.82, 2.24) is 15.5 Å². The van der Waals surface area contributed by atoms with Gasteiger partial charge in [-0.05, 0) is 48.7 Å². The number of halogens is 2. The van der Waals surface area contributed by atoms with Crippen LogP contribution in [0.4, 0.5) is 4.39 Å². The summed E-state index contributed by atoms with van der Waals surface area (Å²) in [5.41, 5.74) is 3.95. The van der Waals surface area contributed by atoms with Crippen LogP contribution in [0, 0.1) is 5.82 Å². The Morgan fingerprint density at radius 2 is 1.76 bits per heavy atom. The molecule has 0 spiro atoms. The first kappa shape index (κ1) is 16.3. The topological polar surface area (TPSA) is 40.7 Å². The summed E-state index contributed by atoms with van der Waals surface area (Å²) in [6, 6.07) is 13.6. The fourth-order valence-electron chi connectivity index (χ4n) is 3.83. The van der Waals surface area contributed by atoms with Gasteiger partial charge < -0.3 is 5.32 Å². The lowest BCUT2D eigenvalue weighted by molar-refractivity contribution is 0.361. The van der Waals surface area contributed by atoms with E-state index in [0.29, 0.717) is 0 Å². The predicted octanol–water partition coefficient (Wildman–Crippen LogP) is 4.54. The zero-order valence-corrected chi connectivity index (χ0v) is 14.5. The molecule has 0 unspecified atom stereocenters. The summed E-state index contributed by atoms with van der Waals surface area (Å²) in [6.07, 6.45) is 5.46. The molecule has 1 aliphatic heterocycles. The van der Waals surface area contributed by atoms with E-state index in [1.54, 1.807) is 12.3 Å². The van der Waals surface area contributed by atoms with Gasteiger partial charge in [0, 0.05) is 17.2 Å². The highest BCUT2D eigenvalue weighted by Crippen LogP contribution is 2.44. The summed E-state index contributed by atoms with van der Waals surface area (Å²) in [4.78, 5) is 0. The molecule has 3 aromatic rings. The maximum Gasteiger partial charge on any atom is 0.142 e. The van der Waals surface area contributed by atoms with E-state index in [-0.39, 0.29) is 16.3 Å². The van der Waals surface area contributed by atoms with Gasteiger partial charge in [-0.2, -0.15) is 5.10 Å². The number of benzene rings is 2. The van der Waals surface area contributed by atoms with Gasteiger partial charge in [-0.3, -0.25) is 5.10 Å². The molecule has 0 aliphatic carbocycles. The summed E-state index contributed by atoms with van der Waals surface area (Å²) in [5, 5.41) is 10.5. The molecule has 1 aliphatic rings. The zero-order chi connectivity index (χ0) is 17.3. The predicted molar refractivity (Wildman–Crippen MR) is 98.3 cm³/mol. The quantitative estimate of drug-likeness (QED) is 0.724. The Hall–Kier alpha value is -2.17. The van der Waals surface area contributed by atoms with Crippen LogP contribution in [0.15, 0.2) is 54.9 Å². The second-order valence-electron chi connectivity index (χ2n) is 6.50. The van der Waals surface area contributed by atoms with Gasteiger partial charge in [-0.15, -0.1) is 0 Å². The molecule has 128 valence electrons. The largest absolute Gasteiger partial charge is 0.317 e. The van der Waals surface area contributed by atoms with Crippen molar-refractivity contribution in [2.24, 2.45) is 0 Å². The van der Waals surface area contributed by atoms with Gasteiger partial charge in [0.25, 0.3) is 0 Å². The van der Waals surface area contributed by atoms with Crippen LogP contribution < -0.4 is 5.32 Å². The fourth-order valence-corrected chi connectivity index (χ4v) is 4.14. The van der Waals surface area contributed by atoms with E-state index in [2.05, 4.69) is 39.8 Å². The second kappa shape index (κ2) is 6.62. The summed E-state index contributed by atoms with van der Waals surface area (Å²) in [7, 11) is 0. The third-order valence-electron chi connectivity index (χ3n) is 5.19. The van der Waals surface area contributed by atoms with E-state index in [1.807, 2.05) is 12.3 Å². The Balaban J connectivity index is 1.80. The minimum Gasteiger partial charge on any atom is -0.317 e. The highest BCUT2D eigenvalue weighted by Gasteiger charge is 2.37. The monoisotopic (exact) mass is 355 g/mol. The Morgan fingerprint density at radius 1 is 1.00 bits per heavy atom. The molecule has 0 amide bonds. The average Bonchev–Trinajstić information content (AvgIpc) is 3.19. The van der Waals surface area contributed by atoms with Crippen molar-refractivity contribution < 1.29 is 4.39 Å². The molecule has 0 atom stereocenters. The zero-order valence-electron chi connectivity index (χ0n) is 13.7. The molecule has 0 saturated carbocycles. The van der Waals surface area contributed by atoms with Crippen molar-refractivity contribution in [2.75, 3.05) is 13.1 Å². The van der Waals surface area contributed by atoms with Crippen LogP contribution >= 0.6 is 11.6 Å². The first-order chi connectivity index (χ1) is 12.2. The summed E-state index contributed by atoms with van der Waals surface area (Å²) >= 11 is 6.37. The number of aromatic amines is 1. The Kier molecular flexibility index (Phi) is 4.32. The minimum absolute atomic E-state index is 0.239. The summed E-state index contributed by atoms with van der Waals surface area (Å²) < 4.78 is 14.1. The SMILES string of the molecule is Fc1cccc(C2(c3ccc(-c4cn[nH]c4)cc3)CCNCC2)c1Cl. The Bertz CT molecular complexity index is 853. The standard InChI is InChI=1S/C20H19ClFN3/c21-19-17(2-1-3-18(19)22)20(8-10-23-11-9-20)16-6-4-14(5-7-16)15-12-24-25-13-15/h1-7,12-13,23H,8-11H2,(H,24,25). The number of H-pyrrole nitrogens is 1. The number of nitrogens with zero attached hydrogens (tertiary/aromatic N) is 1. The smallest absolute Gasteiger partial charge is 0.142 e. The molecule has 0 radical (unpaired) electrons. The van der Waals surface area contributed by atoms with Crippen molar-refractivity contribution >= 4 is 11.6 Å². The maximum absolute atomic E-state index is 14.1. The van der Waals surface area contributed by atoms with Gasteiger partial charge in [0.1, 0.15) is 5.82 Å². The molecule has 25 heavy (non-hydrogen) atoms. The van der Waals surface area contributed by atoms with E-state index < -0.39 is 0 Å². The number of rotatable bonds is 3. The summed E-state index contributed by atoms with van der Waals surface area (Å²) in [5.74, 6) is -0.355. The van der Waals surface area contributed by atoms with Crippen molar-refractivity contribution in [2.45, 2.75) is 18.3 Å². The Labute approximate surface area is 151 Å². The molecule has 1 fully saturated rings. The lowest BCUT2D eigenvalue weighted by Gasteiger charge is -2.39. The molecule has 4 rings (SSSR count). The summed E-state index contributed by atoms with van der Waals surface area (Å²) in [6.45, 7) is 1.77. The van der Waals surface area contributed by atoms with Crippen LogP contribution in [-0.4, -0.2) is 23.3 Å². The van der Waals surface area contributed by atoms with Gasteiger partial charge in [0.2, 0.25) is 0 Å². The van der Waals surface area contributed by atoms with Gasteiger partial charge in [-0.25, -0.2) is 4.39 Å². The van der Waals surface area contributed by atoms with E-state index in [1.165, 1.54) is 11.6 Å². The highest BCUT2D eigenvalue weighted by molar-refractivity contribution is 6.31. The third-order valence-corrected chi connectivity index (χ3v) is 5.58. The first-order valence-electron chi connectivity index (χ1n) is 8.46. The first-order valence-corrected chi connectivity index (χ1v) is 8.83. The molecule has 2 aromatic carbocycles. The Morgan fingerprint density at radius 3 is 2.44 bits per heavy atom. The van der Waals surface area contributed by atoms with E-state index >= 15 is 0 Å². The van der Waals surface area contributed by atoms with Crippen LogP contribution in [0.25, 0.3) is 11.1 Å². The molecule has 0 bridgehead atoms. The number of hydrogen-bond donors (Lipinski definition) is 2. The molecule has 2 N–H and O–H groups in total. The normalized spacial score (nSPS) is 16.7. The van der Waals surface area contributed by atoms with Gasteiger partial charge in [0.15, 0.2) is 0 Å². The average molecular weight is 356 g/mol. The van der Waals surface area contributed by atoms with Crippen LogP contribution in [0.3, 0.4) is 0 Å². The number of piperidine rings is 1. The lowest BCUT2D eigenvalue weighted by Crippen LogP contribution is -2.41. The van der Waals surface area contributed by atoms with Gasteiger partial charge in [-0.1, -0.05) is 48.0 Å². The van der Waals surface area contributed by atoms with Gasteiger partial charge >= 0.3 is 0 Å². The van der Waals surface area contributed by atoms with Crippen LogP contribution in [0.2, 0.25) is 5.02 Å². The maximum atomic E-state index is 14.1. The number of hydrogen-bond acceptors (Lipinski definition) is 2. The molecule has 1 saturated heterocycles.